The molecule has 0 aromatic carbocycles. The topological polar surface area (TPSA) is 67.1 Å². The number of imidazole rings is 1. The maximum absolute atomic E-state index is 5.73. The maximum atomic E-state index is 5.73. The molecule has 0 saturated heterocycles. The van der Waals surface area contributed by atoms with Gasteiger partial charge in [-0.2, -0.15) is 11.8 Å². The normalized spacial score (nSPS) is 14.2. The van der Waals surface area contributed by atoms with E-state index in [-0.39, 0.29) is 6.04 Å². The van der Waals surface area contributed by atoms with Gasteiger partial charge in [-0.1, -0.05) is 11.8 Å². The Labute approximate surface area is 98.5 Å². The van der Waals surface area contributed by atoms with Crippen molar-refractivity contribution in [1.29, 1.82) is 0 Å². The molecule has 1 aromatic rings. The van der Waals surface area contributed by atoms with Gasteiger partial charge in [-0.25, -0.2) is 4.98 Å². The fourth-order valence-corrected chi connectivity index (χ4v) is 2.03. The highest BCUT2D eigenvalue weighted by Crippen LogP contribution is 2.22. The van der Waals surface area contributed by atoms with Crippen molar-refractivity contribution < 1.29 is 0 Å². The predicted octanol–water partition coefficient (Wildman–Crippen LogP) is 1.80. The first-order chi connectivity index (χ1) is 7.19. The highest BCUT2D eigenvalue weighted by Gasteiger charge is 2.15. The quantitative estimate of drug-likeness (QED) is 0.626. The smallest absolute Gasteiger partial charge is 0.154 e. The van der Waals surface area contributed by atoms with E-state index in [0.717, 1.165) is 17.1 Å². The number of nitrogens with one attached hydrogen (secondary N) is 1. The SMILES string of the molecule is CSCC(N=C(N)SC)c1nc[nH]c1C. The molecule has 1 heterocycles. The second-order valence-electron chi connectivity index (χ2n) is 3.06. The summed E-state index contributed by atoms with van der Waals surface area (Å²) in [5.74, 6) is 0.896. The number of nitrogens with zero attached hydrogens (tertiary/aromatic N) is 2. The average molecular weight is 244 g/mol. The van der Waals surface area contributed by atoms with Crippen LogP contribution in [0.2, 0.25) is 0 Å². The summed E-state index contributed by atoms with van der Waals surface area (Å²) in [6.45, 7) is 2.00. The van der Waals surface area contributed by atoms with Crippen LogP contribution in [0.15, 0.2) is 11.3 Å². The van der Waals surface area contributed by atoms with Crippen LogP contribution in [-0.2, 0) is 0 Å². The number of aryl methyl sites for hydroxylation is 1. The van der Waals surface area contributed by atoms with Gasteiger partial charge in [0.1, 0.15) is 6.04 Å². The van der Waals surface area contributed by atoms with Crippen molar-refractivity contribution in [3.05, 3.63) is 17.7 Å². The van der Waals surface area contributed by atoms with Crippen molar-refractivity contribution in [2.24, 2.45) is 10.7 Å². The van der Waals surface area contributed by atoms with Crippen LogP contribution in [0.1, 0.15) is 17.4 Å². The molecular weight excluding hydrogens is 228 g/mol. The summed E-state index contributed by atoms with van der Waals surface area (Å²) in [5, 5.41) is 0.608. The number of aromatic amines is 1. The second-order valence-corrected chi connectivity index (χ2v) is 4.79. The van der Waals surface area contributed by atoms with E-state index in [4.69, 9.17) is 5.73 Å². The highest BCUT2D eigenvalue weighted by atomic mass is 32.2. The van der Waals surface area contributed by atoms with Crippen LogP contribution in [0.3, 0.4) is 0 Å². The summed E-state index contributed by atoms with van der Waals surface area (Å²) in [7, 11) is 0. The Hall–Kier alpha value is -0.620. The average Bonchev–Trinajstić information content (AvgIpc) is 2.63. The number of rotatable bonds is 4. The van der Waals surface area contributed by atoms with Gasteiger partial charge in [-0.15, -0.1) is 0 Å². The summed E-state index contributed by atoms with van der Waals surface area (Å²) in [4.78, 5) is 11.8. The first-order valence-corrected chi connectivity index (χ1v) is 7.17. The third-order valence-electron chi connectivity index (χ3n) is 2.00. The minimum atomic E-state index is 0.0544. The number of hydrogen-bond donors (Lipinski definition) is 2. The van der Waals surface area contributed by atoms with Gasteiger partial charge in [0.05, 0.1) is 12.0 Å². The summed E-state index contributed by atoms with van der Waals surface area (Å²) >= 11 is 3.21. The maximum Gasteiger partial charge on any atom is 0.154 e. The molecule has 0 amide bonds. The molecule has 0 saturated carbocycles. The van der Waals surface area contributed by atoms with Gasteiger partial charge in [0.2, 0.25) is 0 Å². The van der Waals surface area contributed by atoms with Gasteiger partial charge < -0.3 is 10.7 Å². The van der Waals surface area contributed by atoms with Crippen LogP contribution in [0.25, 0.3) is 0 Å². The van der Waals surface area contributed by atoms with Crippen LogP contribution in [0.5, 0.6) is 0 Å². The minimum Gasteiger partial charge on any atom is -0.379 e. The number of amidine groups is 1. The number of nitrogens with two attached hydrogens (primary N) is 1. The molecule has 1 unspecified atom stereocenters. The van der Waals surface area contributed by atoms with E-state index in [0.29, 0.717) is 5.17 Å². The van der Waals surface area contributed by atoms with Crippen molar-refractivity contribution in [1.82, 2.24) is 9.97 Å². The van der Waals surface area contributed by atoms with Gasteiger partial charge in [0.25, 0.3) is 0 Å². The molecule has 0 radical (unpaired) electrons. The lowest BCUT2D eigenvalue weighted by Gasteiger charge is -2.10. The minimum absolute atomic E-state index is 0.0544. The van der Waals surface area contributed by atoms with Gasteiger partial charge in [0, 0.05) is 11.4 Å². The Kier molecular flexibility index (Phi) is 5.04. The van der Waals surface area contributed by atoms with Crippen molar-refractivity contribution >= 4 is 28.7 Å². The van der Waals surface area contributed by atoms with Crippen LogP contribution in [-0.4, -0.2) is 33.4 Å². The van der Waals surface area contributed by atoms with Crippen molar-refractivity contribution in [3.63, 3.8) is 0 Å². The lowest BCUT2D eigenvalue weighted by Crippen LogP contribution is -2.11. The molecule has 1 atom stereocenters. The van der Waals surface area contributed by atoms with E-state index in [1.807, 2.05) is 13.2 Å². The van der Waals surface area contributed by atoms with Gasteiger partial charge in [-0.3, -0.25) is 4.99 Å². The standard InChI is InChI=1S/C9H16N4S2/c1-6-8(12-5-11-6)7(4-14-2)13-9(10)15-3/h5,7H,4H2,1-3H3,(H2,10,13)(H,11,12). The number of aromatic nitrogens is 2. The van der Waals surface area contributed by atoms with Crippen LogP contribution in [0, 0.1) is 6.92 Å². The highest BCUT2D eigenvalue weighted by molar-refractivity contribution is 8.13. The van der Waals surface area contributed by atoms with Crippen molar-refractivity contribution in [3.8, 4) is 0 Å². The van der Waals surface area contributed by atoms with Crippen molar-refractivity contribution in [2.75, 3.05) is 18.3 Å². The predicted molar refractivity (Wildman–Crippen MR) is 69.6 cm³/mol. The Balaban J connectivity index is 2.88. The van der Waals surface area contributed by atoms with Gasteiger partial charge in [-0.05, 0) is 19.4 Å². The zero-order valence-corrected chi connectivity index (χ0v) is 10.8. The molecule has 15 heavy (non-hydrogen) atoms. The fraction of sp³-hybridized carbons (Fsp3) is 0.556. The molecule has 6 heteroatoms. The zero-order valence-electron chi connectivity index (χ0n) is 9.15. The van der Waals surface area contributed by atoms with E-state index < -0.39 is 0 Å². The van der Waals surface area contributed by atoms with E-state index >= 15 is 0 Å². The summed E-state index contributed by atoms with van der Waals surface area (Å²) < 4.78 is 0. The molecule has 0 aliphatic carbocycles. The molecule has 84 valence electrons. The van der Waals surface area contributed by atoms with Crippen LogP contribution >= 0.6 is 23.5 Å². The molecule has 0 bridgehead atoms. The number of aliphatic imine (C=N–C) groups is 1. The number of thioether (sulfide) groups is 2. The Morgan fingerprint density at radius 3 is 2.87 bits per heavy atom. The molecule has 0 aliphatic heterocycles. The number of hydrogen-bond acceptors (Lipinski definition) is 4. The Bertz CT molecular complexity index is 335. The lowest BCUT2D eigenvalue weighted by molar-refractivity contribution is 0.796. The van der Waals surface area contributed by atoms with Crippen LogP contribution < -0.4 is 5.73 Å². The van der Waals surface area contributed by atoms with Crippen molar-refractivity contribution in [2.45, 2.75) is 13.0 Å². The molecule has 4 nitrogen and oxygen atoms in total. The summed E-state index contributed by atoms with van der Waals surface area (Å²) in [5.41, 5.74) is 7.78. The molecule has 0 fully saturated rings. The monoisotopic (exact) mass is 244 g/mol. The number of H-pyrrole nitrogens is 1. The molecule has 1 aromatic heterocycles. The molecule has 0 aliphatic rings. The van der Waals surface area contributed by atoms with E-state index in [1.54, 1.807) is 18.1 Å². The fourth-order valence-electron chi connectivity index (χ4n) is 1.25. The zero-order chi connectivity index (χ0) is 11.3. The second kappa shape index (κ2) is 6.07. The largest absolute Gasteiger partial charge is 0.379 e. The molecular formula is C9H16N4S2. The molecule has 0 spiro atoms. The van der Waals surface area contributed by atoms with Gasteiger partial charge in [0.15, 0.2) is 5.17 Å². The first-order valence-electron chi connectivity index (χ1n) is 4.55. The summed E-state index contributed by atoms with van der Waals surface area (Å²) in [6, 6.07) is 0.0544. The summed E-state index contributed by atoms with van der Waals surface area (Å²) in [6.07, 6.45) is 5.68. The van der Waals surface area contributed by atoms with E-state index in [2.05, 4.69) is 21.2 Å². The van der Waals surface area contributed by atoms with E-state index in [9.17, 15) is 0 Å². The van der Waals surface area contributed by atoms with E-state index in [1.165, 1.54) is 11.8 Å². The third-order valence-corrected chi connectivity index (χ3v) is 3.17. The Morgan fingerprint density at radius 2 is 2.40 bits per heavy atom. The lowest BCUT2D eigenvalue weighted by atomic mass is 10.2. The first kappa shape index (κ1) is 12.4. The molecule has 1 rings (SSSR count). The Morgan fingerprint density at radius 1 is 1.67 bits per heavy atom. The third kappa shape index (κ3) is 3.46. The van der Waals surface area contributed by atoms with Gasteiger partial charge >= 0.3 is 0 Å². The molecule has 3 N–H and O–H groups in total. The van der Waals surface area contributed by atoms with Crippen LogP contribution in [0.4, 0.5) is 0 Å².